The molecule has 0 atom stereocenters. The van der Waals surface area contributed by atoms with Gasteiger partial charge in [-0.25, -0.2) is 22.3 Å². The highest BCUT2D eigenvalue weighted by Gasteiger charge is 2.11. The lowest BCUT2D eigenvalue weighted by Crippen LogP contribution is -2.23. The molecule has 21 heavy (non-hydrogen) atoms. The molecule has 0 radical (unpaired) electrons. The first-order chi connectivity index (χ1) is 9.87. The first-order valence-electron chi connectivity index (χ1n) is 5.68. The monoisotopic (exact) mass is 316 g/mol. The fourth-order valence-electron chi connectivity index (χ4n) is 1.02. The standard InChI is InChI=1S/C9H11FN2O2S.C4H6O2/c10-6-1-7-12-15(13,14)9-4-2-8(11)3-5-9;1-3-4(5)6-2/h1-6,12H,7,11H2;3H,1H2,2H3. The maximum absolute atomic E-state index is 11.6. The van der Waals surface area contributed by atoms with Crippen molar-refractivity contribution < 1.29 is 22.3 Å². The summed E-state index contributed by atoms with van der Waals surface area (Å²) >= 11 is 0. The van der Waals surface area contributed by atoms with Gasteiger partial charge >= 0.3 is 5.97 Å². The Morgan fingerprint density at radius 3 is 2.38 bits per heavy atom. The second kappa shape index (κ2) is 9.67. The molecule has 0 aromatic heterocycles. The van der Waals surface area contributed by atoms with Crippen LogP contribution < -0.4 is 10.5 Å². The number of benzene rings is 1. The van der Waals surface area contributed by atoms with E-state index < -0.39 is 16.0 Å². The van der Waals surface area contributed by atoms with Gasteiger partial charge in [0.15, 0.2) is 0 Å². The van der Waals surface area contributed by atoms with Crippen LogP contribution in [0.15, 0.2) is 54.2 Å². The maximum Gasteiger partial charge on any atom is 0.329 e. The van der Waals surface area contributed by atoms with Crippen LogP contribution in [0.3, 0.4) is 0 Å². The van der Waals surface area contributed by atoms with E-state index >= 15 is 0 Å². The minimum Gasteiger partial charge on any atom is -0.466 e. The van der Waals surface area contributed by atoms with Crippen molar-refractivity contribution in [1.82, 2.24) is 4.72 Å². The fourth-order valence-corrected chi connectivity index (χ4v) is 1.99. The van der Waals surface area contributed by atoms with Crippen LogP contribution in [0.5, 0.6) is 0 Å². The molecular formula is C13H17FN2O4S. The molecule has 0 heterocycles. The lowest BCUT2D eigenvalue weighted by atomic mass is 10.3. The molecule has 0 saturated heterocycles. The number of ether oxygens (including phenoxy) is 1. The average molecular weight is 316 g/mol. The largest absolute Gasteiger partial charge is 0.466 e. The number of nitrogens with one attached hydrogen (secondary N) is 1. The Bertz CT molecular complexity index is 583. The highest BCUT2D eigenvalue weighted by atomic mass is 32.2. The third kappa shape index (κ3) is 7.85. The fraction of sp³-hybridized carbons (Fsp3) is 0.154. The van der Waals surface area contributed by atoms with E-state index in [9.17, 15) is 17.6 Å². The minimum atomic E-state index is -3.57. The molecule has 1 aromatic rings. The Morgan fingerprint density at radius 1 is 1.43 bits per heavy atom. The quantitative estimate of drug-likeness (QED) is 0.486. The molecule has 0 saturated carbocycles. The number of nitrogens with two attached hydrogens (primary N) is 1. The van der Waals surface area contributed by atoms with Crippen molar-refractivity contribution in [2.24, 2.45) is 0 Å². The van der Waals surface area contributed by atoms with Crippen molar-refractivity contribution in [3.63, 3.8) is 0 Å². The van der Waals surface area contributed by atoms with Gasteiger partial charge in [-0.05, 0) is 30.3 Å². The van der Waals surface area contributed by atoms with E-state index in [4.69, 9.17) is 5.73 Å². The van der Waals surface area contributed by atoms with Crippen molar-refractivity contribution >= 4 is 21.7 Å². The number of esters is 1. The van der Waals surface area contributed by atoms with Crippen LogP contribution in [0.1, 0.15) is 0 Å². The first-order valence-corrected chi connectivity index (χ1v) is 7.16. The van der Waals surface area contributed by atoms with Crippen LogP contribution in [0.4, 0.5) is 10.1 Å². The maximum atomic E-state index is 11.6. The van der Waals surface area contributed by atoms with Crippen LogP contribution in [0, 0.1) is 0 Å². The third-order valence-corrected chi connectivity index (χ3v) is 3.48. The Hall–Kier alpha value is -2.19. The van der Waals surface area contributed by atoms with E-state index in [1.165, 1.54) is 31.4 Å². The smallest absolute Gasteiger partial charge is 0.329 e. The second-order valence-electron chi connectivity index (χ2n) is 3.51. The Labute approximate surface area is 123 Å². The zero-order valence-corrected chi connectivity index (χ0v) is 12.3. The van der Waals surface area contributed by atoms with Crippen LogP contribution >= 0.6 is 0 Å². The van der Waals surface area contributed by atoms with Gasteiger partial charge in [0.1, 0.15) is 0 Å². The summed E-state index contributed by atoms with van der Waals surface area (Å²) in [4.78, 5) is 9.94. The highest BCUT2D eigenvalue weighted by molar-refractivity contribution is 7.89. The summed E-state index contributed by atoms with van der Waals surface area (Å²) in [6, 6.07) is 5.74. The van der Waals surface area contributed by atoms with Gasteiger partial charge in [0.05, 0.1) is 18.3 Å². The van der Waals surface area contributed by atoms with Crippen molar-refractivity contribution in [2.45, 2.75) is 4.90 Å². The molecule has 0 aliphatic rings. The van der Waals surface area contributed by atoms with E-state index in [1.807, 2.05) is 0 Å². The molecule has 0 amide bonds. The number of anilines is 1. The van der Waals surface area contributed by atoms with E-state index in [1.54, 1.807) is 0 Å². The predicted octanol–water partition coefficient (Wildman–Crippen LogP) is 1.38. The average Bonchev–Trinajstić information content (AvgIpc) is 2.47. The second-order valence-corrected chi connectivity index (χ2v) is 5.28. The molecule has 3 N–H and O–H groups in total. The SMILES string of the molecule is C=CC(=O)OC.Nc1ccc(S(=O)(=O)NCC=CF)cc1. The molecule has 8 heteroatoms. The molecule has 6 nitrogen and oxygen atoms in total. The van der Waals surface area contributed by atoms with Gasteiger partial charge in [-0.1, -0.05) is 6.58 Å². The number of hydrogen-bond donors (Lipinski definition) is 2. The molecule has 116 valence electrons. The first kappa shape index (κ1) is 18.8. The predicted molar refractivity (Wildman–Crippen MR) is 78.5 cm³/mol. The van der Waals surface area contributed by atoms with Crippen LogP contribution in [0.25, 0.3) is 0 Å². The van der Waals surface area contributed by atoms with Gasteiger partial charge in [-0.15, -0.1) is 0 Å². The number of methoxy groups -OCH3 is 1. The lowest BCUT2D eigenvalue weighted by Gasteiger charge is -2.04. The molecule has 0 aliphatic carbocycles. The summed E-state index contributed by atoms with van der Waals surface area (Å²) in [5, 5.41) is 0. The molecule has 1 aromatic carbocycles. The van der Waals surface area contributed by atoms with Crippen LogP contribution in [-0.2, 0) is 19.6 Å². The normalized spacial score (nSPS) is 10.6. The van der Waals surface area contributed by atoms with E-state index in [2.05, 4.69) is 16.0 Å². The zero-order chi connectivity index (χ0) is 16.3. The van der Waals surface area contributed by atoms with Gasteiger partial charge in [-0.2, -0.15) is 0 Å². The summed E-state index contributed by atoms with van der Waals surface area (Å²) in [6.45, 7) is 3.08. The number of rotatable bonds is 5. The Morgan fingerprint density at radius 2 is 2.00 bits per heavy atom. The summed E-state index contributed by atoms with van der Waals surface area (Å²) < 4.78 is 41.0. The van der Waals surface area contributed by atoms with Crippen molar-refractivity contribution in [2.75, 3.05) is 19.4 Å². The van der Waals surface area contributed by atoms with Gasteiger partial charge in [-0.3, -0.25) is 0 Å². The molecule has 0 bridgehead atoms. The van der Waals surface area contributed by atoms with Crippen molar-refractivity contribution in [3.8, 4) is 0 Å². The molecule has 0 unspecified atom stereocenters. The van der Waals surface area contributed by atoms with Crippen molar-refractivity contribution in [3.05, 3.63) is 49.3 Å². The number of carbonyl (C=O) groups is 1. The highest BCUT2D eigenvalue weighted by Crippen LogP contribution is 2.10. The van der Waals surface area contributed by atoms with Crippen LogP contribution in [-0.4, -0.2) is 28.0 Å². The van der Waals surface area contributed by atoms with E-state index in [0.717, 1.165) is 12.2 Å². The number of halogens is 1. The zero-order valence-electron chi connectivity index (χ0n) is 11.5. The topological polar surface area (TPSA) is 98.5 Å². The summed E-state index contributed by atoms with van der Waals surface area (Å²) in [5.74, 6) is -0.394. The van der Waals surface area contributed by atoms with Gasteiger partial charge in [0, 0.05) is 18.3 Å². The van der Waals surface area contributed by atoms with Crippen molar-refractivity contribution in [1.29, 1.82) is 0 Å². The molecule has 0 aliphatic heterocycles. The minimum absolute atomic E-state index is 0.0801. The number of hydrogen-bond acceptors (Lipinski definition) is 5. The molecule has 1 rings (SSSR count). The van der Waals surface area contributed by atoms with Gasteiger partial charge in [0.25, 0.3) is 0 Å². The molecular weight excluding hydrogens is 299 g/mol. The Balaban J connectivity index is 0.000000567. The number of nitrogen functional groups attached to an aromatic ring is 1. The summed E-state index contributed by atoms with van der Waals surface area (Å²) in [6.07, 6.45) is 2.46. The molecule has 0 spiro atoms. The Kier molecular flexibility index (Phi) is 8.66. The number of sulfonamides is 1. The van der Waals surface area contributed by atoms with Crippen LogP contribution in [0.2, 0.25) is 0 Å². The summed E-state index contributed by atoms with van der Waals surface area (Å²) in [7, 11) is -2.26. The lowest BCUT2D eigenvalue weighted by molar-refractivity contribution is -0.134. The number of carbonyl (C=O) groups excluding carboxylic acids is 1. The third-order valence-electron chi connectivity index (χ3n) is 2.04. The van der Waals surface area contributed by atoms with E-state index in [-0.39, 0.29) is 17.8 Å². The summed E-state index contributed by atoms with van der Waals surface area (Å²) in [5.41, 5.74) is 5.90. The van der Waals surface area contributed by atoms with E-state index in [0.29, 0.717) is 5.69 Å². The van der Waals surface area contributed by atoms with Gasteiger partial charge < -0.3 is 10.5 Å². The van der Waals surface area contributed by atoms with Gasteiger partial charge in [0.2, 0.25) is 10.0 Å². The molecule has 0 fully saturated rings.